The minimum absolute atomic E-state index is 0.333. The predicted octanol–water partition coefficient (Wildman–Crippen LogP) is 2.92. The van der Waals surface area contributed by atoms with Crippen molar-refractivity contribution < 1.29 is 8.97 Å². The molecular formula is C9H12BrNO2S. The molecule has 1 atom stereocenters. The fourth-order valence-electron chi connectivity index (χ4n) is 0.656. The van der Waals surface area contributed by atoms with Gasteiger partial charge >= 0.3 is 0 Å². The van der Waals surface area contributed by atoms with Crippen LogP contribution in [-0.4, -0.2) is 15.5 Å². The van der Waals surface area contributed by atoms with Crippen LogP contribution in [0.1, 0.15) is 26.5 Å². The minimum atomic E-state index is -1.23. The van der Waals surface area contributed by atoms with E-state index in [1.165, 1.54) is 6.21 Å². The van der Waals surface area contributed by atoms with Gasteiger partial charge in [-0.15, -0.1) is 0 Å². The quantitative estimate of drug-likeness (QED) is 0.617. The summed E-state index contributed by atoms with van der Waals surface area (Å²) in [5.41, 5.74) is 0. The van der Waals surface area contributed by atoms with Gasteiger partial charge < -0.3 is 8.97 Å². The van der Waals surface area contributed by atoms with Crippen LogP contribution < -0.4 is 0 Å². The molecule has 0 fully saturated rings. The average Bonchev–Trinajstić information content (AvgIpc) is 2.45. The smallest absolute Gasteiger partial charge is 0.169 e. The Labute approximate surface area is 95.0 Å². The first-order valence-electron chi connectivity index (χ1n) is 4.11. The van der Waals surface area contributed by atoms with Gasteiger partial charge in [0.1, 0.15) is 22.3 Å². The van der Waals surface area contributed by atoms with E-state index in [1.807, 2.05) is 20.8 Å². The van der Waals surface area contributed by atoms with E-state index in [2.05, 4.69) is 20.3 Å². The molecule has 0 saturated carbocycles. The lowest BCUT2D eigenvalue weighted by Gasteiger charge is -2.17. The zero-order valence-corrected chi connectivity index (χ0v) is 10.7. The molecule has 78 valence electrons. The number of furan rings is 1. The number of nitrogens with zero attached hydrogens (tertiary/aromatic N) is 1. The van der Waals surface area contributed by atoms with Gasteiger partial charge in [0.2, 0.25) is 0 Å². The van der Waals surface area contributed by atoms with Gasteiger partial charge in [-0.05, 0) is 48.8 Å². The topological polar surface area (TPSA) is 48.6 Å². The maximum atomic E-state index is 11.5. The van der Waals surface area contributed by atoms with E-state index in [1.54, 1.807) is 12.1 Å². The second-order valence-corrected chi connectivity index (χ2v) is 6.45. The van der Waals surface area contributed by atoms with Crippen molar-refractivity contribution in [3.8, 4) is 0 Å². The van der Waals surface area contributed by atoms with Crippen molar-refractivity contribution in [2.45, 2.75) is 25.5 Å². The first-order chi connectivity index (χ1) is 6.39. The summed E-state index contributed by atoms with van der Waals surface area (Å²) in [5.74, 6) is 0.592. The molecule has 0 saturated heterocycles. The molecule has 5 heteroatoms. The lowest BCUT2D eigenvalue weighted by Crippen LogP contribution is -2.25. The van der Waals surface area contributed by atoms with E-state index >= 15 is 0 Å². The second-order valence-electron chi connectivity index (χ2n) is 3.74. The van der Waals surface area contributed by atoms with Gasteiger partial charge in [-0.25, -0.2) is 0 Å². The summed E-state index contributed by atoms with van der Waals surface area (Å²) in [5, 5.41) is 0. The standard InChI is InChI=1S/C9H12BrNO2S/c1-9(2,3)14(12)11-6-7-4-5-8(10)13-7/h4-6H,1-3H3. The molecule has 0 bridgehead atoms. The van der Waals surface area contributed by atoms with E-state index in [0.29, 0.717) is 10.4 Å². The van der Waals surface area contributed by atoms with E-state index in [9.17, 15) is 4.55 Å². The minimum Gasteiger partial charge on any atom is -0.591 e. The molecule has 0 radical (unpaired) electrons. The highest BCUT2D eigenvalue weighted by Crippen LogP contribution is 2.17. The van der Waals surface area contributed by atoms with Crippen molar-refractivity contribution in [3.05, 3.63) is 22.6 Å². The normalized spacial score (nSPS) is 14.9. The van der Waals surface area contributed by atoms with Crippen LogP contribution in [0.5, 0.6) is 0 Å². The zero-order chi connectivity index (χ0) is 10.8. The first kappa shape index (κ1) is 11.8. The van der Waals surface area contributed by atoms with Gasteiger partial charge in [-0.2, -0.15) is 0 Å². The van der Waals surface area contributed by atoms with Crippen LogP contribution >= 0.6 is 15.9 Å². The summed E-state index contributed by atoms with van der Waals surface area (Å²) in [4.78, 5) is 0. The predicted molar refractivity (Wildman–Crippen MR) is 61.9 cm³/mol. The Balaban J connectivity index is 2.65. The van der Waals surface area contributed by atoms with E-state index < -0.39 is 11.4 Å². The number of hydrogen-bond donors (Lipinski definition) is 0. The molecule has 0 aromatic carbocycles. The maximum Gasteiger partial charge on any atom is 0.169 e. The average molecular weight is 278 g/mol. The van der Waals surface area contributed by atoms with Gasteiger partial charge in [-0.3, -0.25) is 0 Å². The third kappa shape index (κ3) is 3.48. The van der Waals surface area contributed by atoms with Crippen LogP contribution in [0.2, 0.25) is 0 Å². The SMILES string of the molecule is CC(C)(C)[S+]([O-])N=Cc1ccc(Br)o1. The molecule has 0 aliphatic heterocycles. The van der Waals surface area contributed by atoms with Crippen molar-refractivity contribution in [1.29, 1.82) is 0 Å². The number of halogens is 1. The van der Waals surface area contributed by atoms with Crippen molar-refractivity contribution in [3.63, 3.8) is 0 Å². The van der Waals surface area contributed by atoms with Gasteiger partial charge in [0.05, 0.1) is 0 Å². The maximum absolute atomic E-state index is 11.5. The number of hydrogen-bond acceptors (Lipinski definition) is 3. The Morgan fingerprint density at radius 1 is 1.50 bits per heavy atom. The Bertz CT molecular complexity index is 330. The van der Waals surface area contributed by atoms with E-state index in [-0.39, 0.29) is 4.75 Å². The lowest BCUT2D eigenvalue weighted by atomic mass is 10.3. The highest BCUT2D eigenvalue weighted by atomic mass is 79.9. The van der Waals surface area contributed by atoms with Crippen LogP contribution in [0, 0.1) is 0 Å². The van der Waals surface area contributed by atoms with E-state index in [4.69, 9.17) is 4.42 Å². The molecule has 1 aromatic heterocycles. The fourth-order valence-corrected chi connectivity index (χ4v) is 1.49. The monoisotopic (exact) mass is 277 g/mol. The molecule has 1 rings (SSSR count). The zero-order valence-electron chi connectivity index (χ0n) is 8.28. The third-order valence-corrected chi connectivity index (χ3v) is 3.16. The highest BCUT2D eigenvalue weighted by molar-refractivity contribution is 9.10. The Hall–Kier alpha value is -0.260. The summed E-state index contributed by atoms with van der Waals surface area (Å²) in [6.45, 7) is 5.62. The first-order valence-corrected chi connectivity index (χ1v) is 6.01. The van der Waals surface area contributed by atoms with E-state index in [0.717, 1.165) is 0 Å². The summed E-state index contributed by atoms with van der Waals surface area (Å²) in [7, 11) is 0. The number of rotatable bonds is 2. The third-order valence-electron chi connectivity index (χ3n) is 1.39. The molecule has 14 heavy (non-hydrogen) atoms. The lowest BCUT2D eigenvalue weighted by molar-refractivity contribution is 0.534. The fraction of sp³-hybridized carbons (Fsp3) is 0.444. The van der Waals surface area contributed by atoms with Crippen LogP contribution in [-0.2, 0) is 11.4 Å². The Morgan fingerprint density at radius 3 is 2.57 bits per heavy atom. The van der Waals surface area contributed by atoms with Crippen molar-refractivity contribution in [2.24, 2.45) is 4.40 Å². The molecule has 1 heterocycles. The largest absolute Gasteiger partial charge is 0.591 e. The molecule has 0 aliphatic rings. The van der Waals surface area contributed by atoms with Gasteiger partial charge in [-0.1, -0.05) is 4.40 Å². The highest BCUT2D eigenvalue weighted by Gasteiger charge is 2.25. The van der Waals surface area contributed by atoms with Gasteiger partial charge in [0.15, 0.2) is 10.4 Å². The van der Waals surface area contributed by atoms with Crippen molar-refractivity contribution in [1.82, 2.24) is 0 Å². The van der Waals surface area contributed by atoms with Crippen LogP contribution in [0.3, 0.4) is 0 Å². The summed E-state index contributed by atoms with van der Waals surface area (Å²) < 4.78 is 20.9. The molecule has 1 aromatic rings. The molecule has 1 unspecified atom stereocenters. The van der Waals surface area contributed by atoms with Crippen LogP contribution in [0.4, 0.5) is 0 Å². The van der Waals surface area contributed by atoms with Crippen molar-refractivity contribution >= 4 is 33.5 Å². The van der Waals surface area contributed by atoms with Gasteiger partial charge in [0, 0.05) is 0 Å². The summed E-state index contributed by atoms with van der Waals surface area (Å²) in [6, 6.07) is 3.52. The Morgan fingerprint density at radius 2 is 2.14 bits per heavy atom. The van der Waals surface area contributed by atoms with Crippen LogP contribution in [0.25, 0.3) is 0 Å². The molecule has 3 nitrogen and oxygen atoms in total. The molecular weight excluding hydrogens is 266 g/mol. The summed E-state index contributed by atoms with van der Waals surface area (Å²) in [6.07, 6.45) is 1.48. The molecule has 0 amide bonds. The second kappa shape index (κ2) is 4.51. The summed E-state index contributed by atoms with van der Waals surface area (Å²) >= 11 is 1.94. The van der Waals surface area contributed by atoms with Crippen molar-refractivity contribution in [2.75, 3.05) is 0 Å². The molecule has 0 spiro atoms. The van der Waals surface area contributed by atoms with Crippen LogP contribution in [0.15, 0.2) is 25.6 Å². The van der Waals surface area contributed by atoms with Gasteiger partial charge in [0.25, 0.3) is 0 Å². The molecule has 0 aliphatic carbocycles. The molecule has 0 N–H and O–H groups in total. The Kier molecular flexibility index (Phi) is 3.80.